The number of ether oxygens (including phenoxy) is 1. The molecule has 1 heterocycles. The van der Waals surface area contributed by atoms with Gasteiger partial charge in [-0.1, -0.05) is 18.2 Å². The Balaban J connectivity index is 1.72. The topological polar surface area (TPSA) is 68.3 Å². The van der Waals surface area contributed by atoms with Crippen molar-refractivity contribution in [1.82, 2.24) is 10.3 Å². The number of carbonyl (C=O) groups is 2. The highest BCUT2D eigenvalue weighted by Gasteiger charge is 2.07. The number of esters is 1. The molecule has 1 N–H and O–H groups in total. The maximum absolute atomic E-state index is 11.7. The van der Waals surface area contributed by atoms with Crippen LogP contribution < -0.4 is 5.32 Å². The first-order chi connectivity index (χ1) is 9.77. The van der Waals surface area contributed by atoms with Crippen molar-refractivity contribution in [1.29, 1.82) is 0 Å². The molecule has 1 aromatic carbocycles. The summed E-state index contributed by atoms with van der Waals surface area (Å²) in [4.78, 5) is 27.1. The monoisotopic (exact) mass is 270 g/mol. The molecule has 102 valence electrons. The molecule has 5 nitrogen and oxygen atoms in total. The van der Waals surface area contributed by atoms with Gasteiger partial charge in [-0.25, -0.2) is 4.79 Å². The highest BCUT2D eigenvalue weighted by molar-refractivity contribution is 5.94. The lowest BCUT2D eigenvalue weighted by Crippen LogP contribution is -2.28. The van der Waals surface area contributed by atoms with Crippen LogP contribution in [0.1, 0.15) is 20.7 Å². The van der Waals surface area contributed by atoms with Crippen LogP contribution in [0.25, 0.3) is 0 Å². The van der Waals surface area contributed by atoms with Crippen LogP contribution in [-0.4, -0.2) is 30.0 Å². The third kappa shape index (κ3) is 3.91. The summed E-state index contributed by atoms with van der Waals surface area (Å²) in [6.45, 7) is 0.393. The predicted octanol–water partition coefficient (Wildman–Crippen LogP) is 1.67. The standard InChI is InChI=1S/C15H14N2O3/c18-14(12-6-8-16-9-7-12)17-10-11-20-15(19)13-4-2-1-3-5-13/h1-9H,10-11H2,(H,17,18). The normalized spacial score (nSPS) is 9.80. The third-order valence-electron chi connectivity index (χ3n) is 2.57. The van der Waals surface area contributed by atoms with Gasteiger partial charge in [0.05, 0.1) is 12.1 Å². The molecule has 0 aliphatic carbocycles. The van der Waals surface area contributed by atoms with Gasteiger partial charge in [-0.2, -0.15) is 0 Å². The summed E-state index contributed by atoms with van der Waals surface area (Å²) in [5.41, 5.74) is 1.02. The third-order valence-corrected chi connectivity index (χ3v) is 2.57. The van der Waals surface area contributed by atoms with Crippen LogP contribution in [0.2, 0.25) is 0 Å². The number of aromatic nitrogens is 1. The Bertz CT molecular complexity index is 517. The van der Waals surface area contributed by atoms with E-state index >= 15 is 0 Å². The fourth-order valence-electron chi connectivity index (χ4n) is 1.57. The molecule has 2 aromatic rings. The van der Waals surface area contributed by atoms with Crippen LogP contribution in [0.4, 0.5) is 0 Å². The lowest BCUT2D eigenvalue weighted by Gasteiger charge is -2.06. The molecule has 1 amide bonds. The second kappa shape index (κ2) is 7.04. The molecule has 0 aliphatic rings. The van der Waals surface area contributed by atoms with Crippen LogP contribution in [0.5, 0.6) is 0 Å². The number of nitrogens with zero attached hydrogens (tertiary/aromatic N) is 1. The molecule has 2 rings (SSSR count). The number of carbonyl (C=O) groups excluding carboxylic acids is 2. The summed E-state index contributed by atoms with van der Waals surface area (Å²) >= 11 is 0. The molecule has 0 aliphatic heterocycles. The van der Waals surface area contributed by atoms with E-state index < -0.39 is 5.97 Å². The zero-order valence-corrected chi connectivity index (χ0v) is 10.8. The molecule has 20 heavy (non-hydrogen) atoms. The number of nitrogens with one attached hydrogen (secondary N) is 1. The van der Waals surface area contributed by atoms with Crippen molar-refractivity contribution in [3.8, 4) is 0 Å². The minimum absolute atomic E-state index is 0.130. The van der Waals surface area contributed by atoms with Crippen molar-refractivity contribution in [3.63, 3.8) is 0 Å². The smallest absolute Gasteiger partial charge is 0.338 e. The number of rotatable bonds is 5. The zero-order chi connectivity index (χ0) is 14.2. The summed E-state index contributed by atoms with van der Waals surface area (Å²) in [6, 6.07) is 11.9. The van der Waals surface area contributed by atoms with Crippen molar-refractivity contribution >= 4 is 11.9 Å². The summed E-state index contributed by atoms with van der Waals surface area (Å²) in [5, 5.41) is 2.66. The quantitative estimate of drug-likeness (QED) is 0.663. The maximum atomic E-state index is 11.7. The first-order valence-corrected chi connectivity index (χ1v) is 6.18. The average molecular weight is 270 g/mol. The van der Waals surface area contributed by atoms with Crippen LogP contribution in [0.3, 0.4) is 0 Å². The van der Waals surface area contributed by atoms with Gasteiger partial charge >= 0.3 is 5.97 Å². The van der Waals surface area contributed by atoms with Gasteiger partial charge in [0.15, 0.2) is 0 Å². The van der Waals surface area contributed by atoms with Gasteiger partial charge in [0.25, 0.3) is 5.91 Å². The van der Waals surface area contributed by atoms with Crippen LogP contribution in [-0.2, 0) is 4.74 Å². The average Bonchev–Trinajstić information content (AvgIpc) is 2.53. The molecule has 0 saturated carbocycles. The van der Waals surface area contributed by atoms with Crippen molar-refractivity contribution in [2.45, 2.75) is 0 Å². The minimum Gasteiger partial charge on any atom is -0.460 e. The number of benzene rings is 1. The Morgan fingerprint density at radius 1 is 1.00 bits per heavy atom. The fourth-order valence-corrected chi connectivity index (χ4v) is 1.57. The molecule has 5 heteroatoms. The summed E-state index contributed by atoms with van der Waals surface area (Å²) in [7, 11) is 0. The van der Waals surface area contributed by atoms with E-state index in [2.05, 4.69) is 10.3 Å². The van der Waals surface area contributed by atoms with Gasteiger partial charge in [0, 0.05) is 18.0 Å². The minimum atomic E-state index is -0.399. The summed E-state index contributed by atoms with van der Waals surface area (Å²) in [6.07, 6.45) is 3.09. The molecule has 1 aromatic heterocycles. The highest BCUT2D eigenvalue weighted by atomic mass is 16.5. The predicted molar refractivity (Wildman–Crippen MR) is 73.3 cm³/mol. The highest BCUT2D eigenvalue weighted by Crippen LogP contribution is 2.00. The molecule has 0 radical (unpaired) electrons. The van der Waals surface area contributed by atoms with E-state index in [1.165, 1.54) is 0 Å². The van der Waals surface area contributed by atoms with E-state index in [9.17, 15) is 9.59 Å². The van der Waals surface area contributed by atoms with Crippen molar-refractivity contribution in [2.24, 2.45) is 0 Å². The van der Waals surface area contributed by atoms with E-state index in [1.54, 1.807) is 48.8 Å². The Hall–Kier alpha value is -2.69. The van der Waals surface area contributed by atoms with Gasteiger partial charge in [-0.15, -0.1) is 0 Å². The van der Waals surface area contributed by atoms with Gasteiger partial charge in [0.2, 0.25) is 0 Å². The van der Waals surface area contributed by atoms with E-state index in [1.807, 2.05) is 6.07 Å². The van der Waals surface area contributed by atoms with Gasteiger partial charge < -0.3 is 10.1 Å². The Labute approximate surface area is 116 Å². The Kier molecular flexibility index (Phi) is 4.83. The molecular weight excluding hydrogens is 256 g/mol. The number of amides is 1. The molecule has 0 bridgehead atoms. The number of hydrogen-bond acceptors (Lipinski definition) is 4. The van der Waals surface area contributed by atoms with E-state index in [-0.39, 0.29) is 19.1 Å². The van der Waals surface area contributed by atoms with Crippen LogP contribution >= 0.6 is 0 Å². The summed E-state index contributed by atoms with van der Waals surface area (Å²) in [5.74, 6) is -0.619. The first-order valence-electron chi connectivity index (χ1n) is 6.18. The van der Waals surface area contributed by atoms with Gasteiger partial charge in [0.1, 0.15) is 6.61 Å². The van der Waals surface area contributed by atoms with Gasteiger partial charge in [-0.3, -0.25) is 9.78 Å². The van der Waals surface area contributed by atoms with Gasteiger partial charge in [-0.05, 0) is 24.3 Å². The van der Waals surface area contributed by atoms with Crippen molar-refractivity contribution < 1.29 is 14.3 Å². The molecular formula is C15H14N2O3. The van der Waals surface area contributed by atoms with Crippen molar-refractivity contribution in [3.05, 3.63) is 66.0 Å². The Morgan fingerprint density at radius 3 is 2.40 bits per heavy atom. The molecule has 0 saturated heterocycles. The second-order valence-electron chi connectivity index (χ2n) is 3.99. The van der Waals surface area contributed by atoms with E-state index in [0.29, 0.717) is 11.1 Å². The fraction of sp³-hybridized carbons (Fsp3) is 0.133. The SMILES string of the molecule is O=C(NCCOC(=O)c1ccccc1)c1ccncc1. The number of hydrogen-bond donors (Lipinski definition) is 1. The van der Waals surface area contributed by atoms with Crippen molar-refractivity contribution in [2.75, 3.05) is 13.2 Å². The van der Waals surface area contributed by atoms with Crippen LogP contribution in [0.15, 0.2) is 54.9 Å². The number of pyridine rings is 1. The zero-order valence-electron chi connectivity index (χ0n) is 10.8. The molecule has 0 fully saturated rings. The van der Waals surface area contributed by atoms with E-state index in [0.717, 1.165) is 0 Å². The second-order valence-corrected chi connectivity index (χ2v) is 3.99. The largest absolute Gasteiger partial charge is 0.460 e. The maximum Gasteiger partial charge on any atom is 0.338 e. The first kappa shape index (κ1) is 13.7. The summed E-state index contributed by atoms with van der Waals surface area (Å²) < 4.78 is 5.05. The lowest BCUT2D eigenvalue weighted by atomic mass is 10.2. The lowest BCUT2D eigenvalue weighted by molar-refractivity contribution is 0.0503. The van der Waals surface area contributed by atoms with Crippen LogP contribution in [0, 0.1) is 0 Å². The molecule has 0 unspecified atom stereocenters. The van der Waals surface area contributed by atoms with E-state index in [4.69, 9.17) is 4.74 Å². The Morgan fingerprint density at radius 2 is 1.70 bits per heavy atom. The molecule has 0 atom stereocenters. The molecule has 0 spiro atoms.